The van der Waals surface area contributed by atoms with Gasteiger partial charge in [0.1, 0.15) is 0 Å². The fourth-order valence-electron chi connectivity index (χ4n) is 4.33. The van der Waals surface area contributed by atoms with Crippen molar-refractivity contribution < 1.29 is 0 Å². The zero-order valence-corrected chi connectivity index (χ0v) is 12.7. The smallest absolute Gasteiger partial charge is 0.0238 e. The van der Waals surface area contributed by atoms with Crippen LogP contribution in [0.15, 0.2) is 0 Å². The zero-order chi connectivity index (χ0) is 12.8. The van der Waals surface area contributed by atoms with Crippen LogP contribution in [0.4, 0.5) is 0 Å². The lowest BCUT2D eigenvalue weighted by Gasteiger charge is -2.43. The molecule has 18 heavy (non-hydrogen) atoms. The van der Waals surface area contributed by atoms with E-state index in [9.17, 15) is 0 Å². The topological polar surface area (TPSA) is 29.3 Å². The van der Waals surface area contributed by atoms with Gasteiger partial charge in [-0.25, -0.2) is 0 Å². The fraction of sp³-hybridized carbons (Fsp3) is 1.00. The minimum Gasteiger partial charge on any atom is -0.327 e. The predicted octanol–water partition coefficient (Wildman–Crippen LogP) is 2.58. The van der Waals surface area contributed by atoms with E-state index in [1.807, 2.05) is 0 Å². The Morgan fingerprint density at radius 3 is 2.78 bits per heavy atom. The lowest BCUT2D eigenvalue weighted by atomic mass is 9.78. The maximum Gasteiger partial charge on any atom is 0.0238 e. The maximum absolute atomic E-state index is 6.35. The Morgan fingerprint density at radius 1 is 1.22 bits per heavy atom. The Hall–Kier alpha value is 0.270. The average Bonchev–Trinajstić information content (AvgIpc) is 2.73. The van der Waals surface area contributed by atoms with Gasteiger partial charge in [-0.15, -0.1) is 0 Å². The van der Waals surface area contributed by atoms with Crippen LogP contribution >= 0.6 is 11.8 Å². The summed E-state index contributed by atoms with van der Waals surface area (Å²) in [6, 6.07) is 1.27. The first kappa shape index (κ1) is 13.3. The van der Waals surface area contributed by atoms with E-state index in [1.54, 1.807) is 0 Å². The van der Waals surface area contributed by atoms with Gasteiger partial charge >= 0.3 is 0 Å². The summed E-state index contributed by atoms with van der Waals surface area (Å²) in [5, 5.41) is 0. The second-order valence-corrected chi connectivity index (χ2v) is 8.45. The van der Waals surface area contributed by atoms with Crippen molar-refractivity contribution in [3.8, 4) is 0 Å². The molecule has 4 atom stereocenters. The monoisotopic (exact) mass is 268 g/mol. The Labute approximate surface area is 116 Å². The van der Waals surface area contributed by atoms with Crippen LogP contribution in [-0.4, -0.2) is 41.6 Å². The number of nitrogens with two attached hydrogens (primary N) is 1. The van der Waals surface area contributed by atoms with E-state index < -0.39 is 0 Å². The molecule has 3 heteroatoms. The molecular weight excluding hydrogens is 240 g/mol. The molecule has 3 aliphatic rings. The summed E-state index contributed by atoms with van der Waals surface area (Å²) in [7, 11) is 0. The highest BCUT2D eigenvalue weighted by Gasteiger charge is 2.45. The summed E-state index contributed by atoms with van der Waals surface area (Å²) in [6.07, 6.45) is 5.42. The minimum absolute atomic E-state index is 0.480. The van der Waals surface area contributed by atoms with Gasteiger partial charge in [0.05, 0.1) is 0 Å². The highest BCUT2D eigenvalue weighted by molar-refractivity contribution is 7.99. The molecule has 0 amide bonds. The Bertz CT molecular complexity index is 305. The largest absolute Gasteiger partial charge is 0.327 e. The lowest BCUT2D eigenvalue weighted by molar-refractivity contribution is 0.114. The van der Waals surface area contributed by atoms with Crippen LogP contribution in [0.1, 0.15) is 39.5 Å². The van der Waals surface area contributed by atoms with Crippen molar-refractivity contribution in [2.45, 2.75) is 51.6 Å². The molecule has 2 heterocycles. The molecule has 2 nitrogen and oxygen atoms in total. The van der Waals surface area contributed by atoms with Crippen LogP contribution in [0.3, 0.4) is 0 Å². The summed E-state index contributed by atoms with van der Waals surface area (Å²) < 4.78 is 0. The molecule has 3 rings (SSSR count). The van der Waals surface area contributed by atoms with Crippen molar-refractivity contribution >= 4 is 11.8 Å². The van der Waals surface area contributed by atoms with E-state index in [1.165, 1.54) is 50.3 Å². The van der Waals surface area contributed by atoms with Crippen molar-refractivity contribution in [1.82, 2.24) is 4.90 Å². The molecule has 0 bridgehead atoms. The van der Waals surface area contributed by atoms with Crippen molar-refractivity contribution in [1.29, 1.82) is 0 Å². The van der Waals surface area contributed by atoms with Gasteiger partial charge in [0.25, 0.3) is 0 Å². The molecule has 0 aromatic rings. The molecule has 2 aliphatic heterocycles. The van der Waals surface area contributed by atoms with Crippen LogP contribution in [0.2, 0.25) is 0 Å². The number of likely N-dealkylation sites (tertiary alicyclic amines) is 1. The molecule has 1 aliphatic carbocycles. The Balaban J connectivity index is 1.70. The molecule has 2 saturated heterocycles. The third kappa shape index (κ3) is 2.34. The standard InChI is InChI=1S/C15H28N2S/c1-15(2)6-7-18-10-14(15)17-8-11-4-3-5-13(16)12(11)9-17/h11-14H,3-10,16H2,1-2H3. The number of hydrogen-bond acceptors (Lipinski definition) is 3. The molecule has 2 N–H and O–H groups in total. The van der Waals surface area contributed by atoms with E-state index in [-0.39, 0.29) is 0 Å². The second-order valence-electron chi connectivity index (χ2n) is 7.30. The Morgan fingerprint density at radius 2 is 2.06 bits per heavy atom. The first-order chi connectivity index (χ1) is 8.58. The maximum atomic E-state index is 6.35. The van der Waals surface area contributed by atoms with Gasteiger partial charge in [0, 0.05) is 30.9 Å². The summed E-state index contributed by atoms with van der Waals surface area (Å²) in [6.45, 7) is 7.55. The number of hydrogen-bond donors (Lipinski definition) is 1. The second kappa shape index (κ2) is 4.99. The molecule has 0 spiro atoms. The van der Waals surface area contributed by atoms with Gasteiger partial charge in [-0.05, 0) is 42.3 Å². The molecule has 0 aromatic heterocycles. The summed E-state index contributed by atoms with van der Waals surface area (Å²) in [5.74, 6) is 4.38. The summed E-state index contributed by atoms with van der Waals surface area (Å²) in [5.41, 5.74) is 6.85. The molecule has 0 radical (unpaired) electrons. The first-order valence-electron chi connectivity index (χ1n) is 7.65. The molecule has 3 fully saturated rings. The minimum atomic E-state index is 0.480. The van der Waals surface area contributed by atoms with E-state index in [0.29, 0.717) is 11.5 Å². The summed E-state index contributed by atoms with van der Waals surface area (Å²) in [4.78, 5) is 2.80. The van der Waals surface area contributed by atoms with Crippen molar-refractivity contribution in [3.63, 3.8) is 0 Å². The van der Waals surface area contributed by atoms with E-state index in [0.717, 1.165) is 17.9 Å². The van der Waals surface area contributed by atoms with E-state index >= 15 is 0 Å². The lowest BCUT2D eigenvalue weighted by Crippen LogP contribution is -2.48. The van der Waals surface area contributed by atoms with Crippen LogP contribution in [0, 0.1) is 17.3 Å². The van der Waals surface area contributed by atoms with Crippen molar-refractivity contribution in [2.24, 2.45) is 23.0 Å². The third-order valence-electron chi connectivity index (χ3n) is 5.69. The SMILES string of the molecule is CC1(C)CCSCC1N1CC2CCCC(N)C2C1. The van der Waals surface area contributed by atoms with E-state index in [2.05, 4.69) is 30.5 Å². The van der Waals surface area contributed by atoms with Gasteiger partial charge < -0.3 is 5.73 Å². The van der Waals surface area contributed by atoms with Crippen molar-refractivity contribution in [3.05, 3.63) is 0 Å². The van der Waals surface area contributed by atoms with Gasteiger partial charge in [0.15, 0.2) is 0 Å². The van der Waals surface area contributed by atoms with Crippen LogP contribution in [-0.2, 0) is 0 Å². The van der Waals surface area contributed by atoms with Gasteiger partial charge in [-0.3, -0.25) is 4.90 Å². The normalized spacial score (nSPS) is 44.8. The van der Waals surface area contributed by atoms with E-state index in [4.69, 9.17) is 5.73 Å². The van der Waals surface area contributed by atoms with Gasteiger partial charge in [-0.1, -0.05) is 20.3 Å². The highest BCUT2D eigenvalue weighted by Crippen LogP contribution is 2.43. The van der Waals surface area contributed by atoms with Gasteiger partial charge in [-0.2, -0.15) is 11.8 Å². The number of thioether (sulfide) groups is 1. The predicted molar refractivity (Wildman–Crippen MR) is 79.9 cm³/mol. The number of nitrogens with zero attached hydrogens (tertiary/aromatic N) is 1. The average molecular weight is 268 g/mol. The van der Waals surface area contributed by atoms with Crippen molar-refractivity contribution in [2.75, 3.05) is 24.6 Å². The summed E-state index contributed by atoms with van der Waals surface area (Å²) >= 11 is 2.15. The Kier molecular flexibility index (Phi) is 3.68. The van der Waals surface area contributed by atoms with Crippen LogP contribution < -0.4 is 5.73 Å². The number of fused-ring (bicyclic) bond motifs is 1. The quantitative estimate of drug-likeness (QED) is 0.792. The van der Waals surface area contributed by atoms with Gasteiger partial charge in [0.2, 0.25) is 0 Å². The fourth-order valence-corrected chi connectivity index (χ4v) is 6.05. The highest BCUT2D eigenvalue weighted by atomic mass is 32.2. The molecular formula is C15H28N2S. The molecule has 0 aromatic carbocycles. The first-order valence-corrected chi connectivity index (χ1v) is 8.81. The zero-order valence-electron chi connectivity index (χ0n) is 11.9. The molecule has 1 saturated carbocycles. The molecule has 4 unspecified atom stereocenters. The molecule has 104 valence electrons. The third-order valence-corrected chi connectivity index (χ3v) is 6.74. The van der Waals surface area contributed by atoms with Crippen LogP contribution in [0.5, 0.6) is 0 Å². The number of rotatable bonds is 1. The van der Waals surface area contributed by atoms with Crippen LogP contribution in [0.25, 0.3) is 0 Å².